The molecule has 3 nitrogen and oxygen atoms in total. The number of aryl methyl sites for hydroxylation is 3. The lowest BCUT2D eigenvalue weighted by Gasteiger charge is -2.11. The Morgan fingerprint density at radius 3 is 2.48 bits per heavy atom. The second kappa shape index (κ2) is 6.72. The van der Waals surface area contributed by atoms with E-state index in [1.54, 1.807) is 7.11 Å². The van der Waals surface area contributed by atoms with Crippen molar-refractivity contribution in [3.05, 3.63) is 52.5 Å². The van der Waals surface area contributed by atoms with Crippen molar-refractivity contribution in [1.82, 2.24) is 9.55 Å². The molecule has 0 N–H and O–H groups in total. The summed E-state index contributed by atoms with van der Waals surface area (Å²) in [5.74, 6) is 0.987. The zero-order chi connectivity index (χ0) is 15.4. The van der Waals surface area contributed by atoms with E-state index >= 15 is 0 Å². The molecule has 2 heterocycles. The Hall–Kier alpha value is -1.87. The Morgan fingerprint density at radius 2 is 1.86 bits per heavy atom. The van der Waals surface area contributed by atoms with Crippen molar-refractivity contribution < 1.29 is 4.74 Å². The second-order valence-corrected chi connectivity index (χ2v) is 5.61. The summed E-state index contributed by atoms with van der Waals surface area (Å²) < 4.78 is 7.31. The molecule has 0 aliphatic carbocycles. The lowest BCUT2D eigenvalue weighted by molar-refractivity contribution is 0.202. The van der Waals surface area contributed by atoms with Gasteiger partial charge < -0.3 is 9.30 Å². The maximum Gasteiger partial charge on any atom is 0.137 e. The van der Waals surface area contributed by atoms with Gasteiger partial charge in [-0.3, -0.25) is 0 Å². The smallest absolute Gasteiger partial charge is 0.137 e. The molecule has 21 heavy (non-hydrogen) atoms. The van der Waals surface area contributed by atoms with E-state index in [1.165, 1.54) is 22.5 Å². The third-order valence-electron chi connectivity index (χ3n) is 3.57. The summed E-state index contributed by atoms with van der Waals surface area (Å²) in [6.07, 6.45) is 3.08. The van der Waals surface area contributed by atoms with Gasteiger partial charge in [-0.15, -0.1) is 0 Å². The highest BCUT2D eigenvalue weighted by Gasteiger charge is 2.07. The maximum atomic E-state index is 5.12. The lowest BCUT2D eigenvalue weighted by Crippen LogP contribution is -2.03. The number of ether oxygens (including phenoxy) is 1. The van der Waals surface area contributed by atoms with Crippen molar-refractivity contribution in [1.29, 1.82) is 0 Å². The average molecular weight is 284 g/mol. The molecule has 0 atom stereocenters. The van der Waals surface area contributed by atoms with Crippen LogP contribution in [0.3, 0.4) is 0 Å². The number of pyridine rings is 1. The quantitative estimate of drug-likeness (QED) is 0.821. The van der Waals surface area contributed by atoms with Gasteiger partial charge in [0.15, 0.2) is 0 Å². The Balaban J connectivity index is 2.38. The topological polar surface area (TPSA) is 27.1 Å². The van der Waals surface area contributed by atoms with Crippen LogP contribution < -0.4 is 0 Å². The first-order chi connectivity index (χ1) is 10.0. The average Bonchev–Trinajstić information content (AvgIpc) is 2.75. The summed E-state index contributed by atoms with van der Waals surface area (Å²) >= 11 is 0. The predicted molar refractivity (Wildman–Crippen MR) is 87.9 cm³/mol. The van der Waals surface area contributed by atoms with Gasteiger partial charge >= 0.3 is 0 Å². The minimum Gasteiger partial charge on any atom is -0.384 e. The highest BCUT2D eigenvalue weighted by molar-refractivity contribution is 5.51. The van der Waals surface area contributed by atoms with Crippen LogP contribution in [0.5, 0.6) is 0 Å². The molecule has 0 saturated carbocycles. The number of nitrogens with zero attached hydrogens (tertiary/aromatic N) is 2. The lowest BCUT2D eigenvalue weighted by atomic mass is 10.1. The van der Waals surface area contributed by atoms with E-state index in [4.69, 9.17) is 9.72 Å². The van der Waals surface area contributed by atoms with Crippen molar-refractivity contribution in [2.45, 2.75) is 34.1 Å². The zero-order valence-corrected chi connectivity index (χ0v) is 13.6. The SMILES string of the molecule is COCC/C(C)=C\c1cc(C)cc(-n2c(C)ccc2C)n1. The number of rotatable bonds is 5. The highest BCUT2D eigenvalue weighted by atomic mass is 16.5. The molecule has 0 radical (unpaired) electrons. The van der Waals surface area contributed by atoms with Crippen molar-refractivity contribution in [2.75, 3.05) is 13.7 Å². The first kappa shape index (κ1) is 15.5. The van der Waals surface area contributed by atoms with Gasteiger partial charge in [0.05, 0.1) is 5.69 Å². The van der Waals surface area contributed by atoms with Gasteiger partial charge in [-0.05, 0) is 70.0 Å². The van der Waals surface area contributed by atoms with Gasteiger partial charge in [0.2, 0.25) is 0 Å². The molecule has 0 aromatic carbocycles. The largest absolute Gasteiger partial charge is 0.384 e. The van der Waals surface area contributed by atoms with Gasteiger partial charge in [0, 0.05) is 25.1 Å². The zero-order valence-electron chi connectivity index (χ0n) is 13.6. The molecule has 0 unspecified atom stereocenters. The molecule has 0 aliphatic heterocycles. The van der Waals surface area contributed by atoms with Crippen molar-refractivity contribution in [3.8, 4) is 5.82 Å². The fraction of sp³-hybridized carbons (Fsp3) is 0.389. The fourth-order valence-electron chi connectivity index (χ4n) is 2.48. The van der Waals surface area contributed by atoms with Crippen molar-refractivity contribution >= 4 is 6.08 Å². The summed E-state index contributed by atoms with van der Waals surface area (Å²) in [6, 6.07) is 8.49. The highest BCUT2D eigenvalue weighted by Crippen LogP contribution is 2.18. The van der Waals surface area contributed by atoms with E-state index in [1.807, 2.05) is 0 Å². The Kier molecular flexibility index (Phi) is 4.97. The summed E-state index contributed by atoms with van der Waals surface area (Å²) in [5, 5.41) is 0. The Morgan fingerprint density at radius 1 is 1.19 bits per heavy atom. The minimum absolute atomic E-state index is 0.747. The van der Waals surface area contributed by atoms with Gasteiger partial charge in [-0.25, -0.2) is 4.98 Å². The van der Waals surface area contributed by atoms with Gasteiger partial charge in [-0.1, -0.05) is 5.57 Å². The molecule has 3 heteroatoms. The monoisotopic (exact) mass is 284 g/mol. The third-order valence-corrected chi connectivity index (χ3v) is 3.57. The molecular weight excluding hydrogens is 260 g/mol. The molecule has 2 rings (SSSR count). The summed E-state index contributed by atoms with van der Waals surface area (Å²) in [5.41, 5.74) is 5.92. The van der Waals surface area contributed by atoms with Crippen LogP contribution in [0, 0.1) is 20.8 Å². The van der Waals surface area contributed by atoms with Crippen LogP contribution in [0.2, 0.25) is 0 Å². The van der Waals surface area contributed by atoms with E-state index in [0.717, 1.165) is 24.5 Å². The van der Waals surface area contributed by atoms with E-state index in [0.29, 0.717) is 0 Å². The number of hydrogen-bond donors (Lipinski definition) is 0. The molecule has 2 aromatic rings. The van der Waals surface area contributed by atoms with E-state index in [-0.39, 0.29) is 0 Å². The molecule has 112 valence electrons. The van der Waals surface area contributed by atoms with E-state index < -0.39 is 0 Å². The third kappa shape index (κ3) is 3.82. The summed E-state index contributed by atoms with van der Waals surface area (Å²) in [4.78, 5) is 4.79. The molecule has 0 spiro atoms. The molecule has 0 fully saturated rings. The standard InChI is InChI=1S/C18H24N2O/c1-13(8-9-21-5)10-17-11-14(2)12-18(19-17)20-15(3)6-7-16(20)4/h6-7,10-12H,8-9H2,1-5H3/b13-10-. The molecular formula is C18H24N2O. The summed E-state index contributed by atoms with van der Waals surface area (Å²) in [7, 11) is 1.73. The van der Waals surface area contributed by atoms with Crippen molar-refractivity contribution in [3.63, 3.8) is 0 Å². The van der Waals surface area contributed by atoms with E-state index in [9.17, 15) is 0 Å². The van der Waals surface area contributed by atoms with Crippen LogP contribution in [0.1, 0.15) is 36.0 Å². The van der Waals surface area contributed by atoms with Crippen molar-refractivity contribution in [2.24, 2.45) is 0 Å². The van der Waals surface area contributed by atoms with Crippen LogP contribution in [0.4, 0.5) is 0 Å². The van der Waals surface area contributed by atoms with Crippen LogP contribution >= 0.6 is 0 Å². The minimum atomic E-state index is 0.747. The number of hydrogen-bond acceptors (Lipinski definition) is 2. The molecule has 0 amide bonds. The molecule has 0 aliphatic rings. The van der Waals surface area contributed by atoms with Crippen LogP contribution in [0.25, 0.3) is 11.9 Å². The molecule has 0 bridgehead atoms. The van der Waals surface area contributed by atoms with Crippen LogP contribution in [-0.2, 0) is 4.74 Å². The van der Waals surface area contributed by atoms with Crippen LogP contribution in [0.15, 0.2) is 29.8 Å². The maximum absolute atomic E-state index is 5.12. The van der Waals surface area contributed by atoms with Crippen LogP contribution in [-0.4, -0.2) is 23.3 Å². The predicted octanol–water partition coefficient (Wildman–Crippen LogP) is 4.24. The first-order valence-electron chi connectivity index (χ1n) is 7.31. The van der Waals surface area contributed by atoms with Gasteiger partial charge in [0.25, 0.3) is 0 Å². The molecule has 0 saturated heterocycles. The first-order valence-corrected chi connectivity index (χ1v) is 7.31. The fourth-order valence-corrected chi connectivity index (χ4v) is 2.48. The summed E-state index contributed by atoms with van der Waals surface area (Å²) in [6.45, 7) is 9.19. The van der Waals surface area contributed by atoms with E-state index in [2.05, 4.69) is 62.6 Å². The molecule has 2 aromatic heterocycles. The van der Waals surface area contributed by atoms with Gasteiger partial charge in [0.1, 0.15) is 5.82 Å². The Labute approximate surface area is 127 Å². The normalized spacial score (nSPS) is 12.0. The number of aromatic nitrogens is 2. The van der Waals surface area contributed by atoms with Gasteiger partial charge in [-0.2, -0.15) is 0 Å². The Bertz CT molecular complexity index is 634. The second-order valence-electron chi connectivity index (χ2n) is 5.61. The number of methoxy groups -OCH3 is 1.